The molecule has 4 aromatic rings. The number of aromatic hydroxyl groups is 1. The van der Waals surface area contributed by atoms with E-state index in [0.29, 0.717) is 10.6 Å². The topological polar surface area (TPSA) is 72.6 Å². The van der Waals surface area contributed by atoms with Crippen molar-refractivity contribution in [3.8, 4) is 22.8 Å². The van der Waals surface area contributed by atoms with Crippen LogP contribution in [0.5, 0.6) is 11.5 Å². The molecule has 0 aliphatic heterocycles. The maximum atomic E-state index is 12.6. The predicted molar refractivity (Wildman–Crippen MR) is 95.4 cm³/mol. The summed E-state index contributed by atoms with van der Waals surface area (Å²) < 4.78 is 10.7. The van der Waals surface area contributed by atoms with Gasteiger partial charge in [0, 0.05) is 22.4 Å². The summed E-state index contributed by atoms with van der Waals surface area (Å²) in [5.74, 6) is 0.786. The first-order valence-electron chi connectivity index (χ1n) is 7.51. The SMILES string of the molecule is COc1ccc(-c2csc(C(=O)c3cc4ccc(O)cc4o3)n2)cc1. The van der Waals surface area contributed by atoms with E-state index in [0.717, 1.165) is 22.4 Å². The van der Waals surface area contributed by atoms with Gasteiger partial charge >= 0.3 is 0 Å². The van der Waals surface area contributed by atoms with Crippen molar-refractivity contribution in [3.63, 3.8) is 0 Å². The van der Waals surface area contributed by atoms with Crippen molar-refractivity contribution in [2.24, 2.45) is 0 Å². The molecule has 0 saturated carbocycles. The van der Waals surface area contributed by atoms with Crippen molar-refractivity contribution in [2.45, 2.75) is 0 Å². The first kappa shape index (κ1) is 15.4. The Bertz CT molecular complexity index is 1060. The molecule has 0 radical (unpaired) electrons. The number of rotatable bonds is 4. The summed E-state index contributed by atoms with van der Waals surface area (Å²) in [6.07, 6.45) is 0. The Morgan fingerprint density at radius 1 is 1.16 bits per heavy atom. The number of benzene rings is 2. The van der Waals surface area contributed by atoms with Gasteiger partial charge in [0.25, 0.3) is 5.78 Å². The van der Waals surface area contributed by atoms with Crippen molar-refractivity contribution >= 4 is 28.1 Å². The number of carbonyl (C=O) groups excluding carboxylic acids is 1. The van der Waals surface area contributed by atoms with Gasteiger partial charge in [-0.15, -0.1) is 11.3 Å². The third-order valence-corrected chi connectivity index (χ3v) is 4.65. The van der Waals surface area contributed by atoms with Gasteiger partial charge in [-0.3, -0.25) is 4.79 Å². The van der Waals surface area contributed by atoms with Crippen LogP contribution in [0.15, 0.2) is 58.3 Å². The van der Waals surface area contributed by atoms with Crippen LogP contribution in [-0.4, -0.2) is 23.0 Å². The zero-order chi connectivity index (χ0) is 17.4. The number of nitrogens with zero attached hydrogens (tertiary/aromatic N) is 1. The first-order valence-corrected chi connectivity index (χ1v) is 8.39. The van der Waals surface area contributed by atoms with Crippen molar-refractivity contribution in [2.75, 3.05) is 7.11 Å². The summed E-state index contributed by atoms with van der Waals surface area (Å²) in [5.41, 5.74) is 2.10. The van der Waals surface area contributed by atoms with Crippen LogP contribution in [-0.2, 0) is 0 Å². The Balaban J connectivity index is 1.64. The van der Waals surface area contributed by atoms with Crippen molar-refractivity contribution in [1.82, 2.24) is 4.98 Å². The molecule has 0 atom stereocenters. The number of furan rings is 1. The Kier molecular flexibility index (Phi) is 3.74. The lowest BCUT2D eigenvalue weighted by Gasteiger charge is -2.00. The maximum Gasteiger partial charge on any atom is 0.256 e. The van der Waals surface area contributed by atoms with E-state index in [4.69, 9.17) is 9.15 Å². The largest absolute Gasteiger partial charge is 0.508 e. The van der Waals surface area contributed by atoms with Crippen LogP contribution in [0.3, 0.4) is 0 Å². The monoisotopic (exact) mass is 351 g/mol. The normalized spacial score (nSPS) is 10.9. The van der Waals surface area contributed by atoms with E-state index in [1.807, 2.05) is 29.6 Å². The minimum absolute atomic E-state index is 0.0943. The standard InChI is InChI=1S/C19H13NO4S/c1-23-14-6-3-11(4-7-14)15-10-25-19(20-15)18(22)17-8-12-2-5-13(21)9-16(12)24-17/h2-10,21H,1H3. The molecule has 0 unspecified atom stereocenters. The molecular formula is C19H13NO4S. The van der Waals surface area contributed by atoms with E-state index in [9.17, 15) is 9.90 Å². The highest BCUT2D eigenvalue weighted by atomic mass is 32.1. The predicted octanol–water partition coefficient (Wildman–Crippen LogP) is 4.50. The molecule has 0 aliphatic carbocycles. The van der Waals surface area contributed by atoms with Gasteiger partial charge in [0.05, 0.1) is 12.8 Å². The maximum absolute atomic E-state index is 12.6. The molecule has 124 valence electrons. The molecule has 0 saturated heterocycles. The number of phenols is 1. The number of aromatic nitrogens is 1. The lowest BCUT2D eigenvalue weighted by atomic mass is 10.2. The molecule has 2 aromatic carbocycles. The third kappa shape index (κ3) is 2.88. The molecule has 2 aromatic heterocycles. The number of carbonyl (C=O) groups is 1. The number of hydrogen-bond donors (Lipinski definition) is 1. The lowest BCUT2D eigenvalue weighted by molar-refractivity contribution is 0.101. The lowest BCUT2D eigenvalue weighted by Crippen LogP contribution is -1.98. The van der Waals surface area contributed by atoms with Crippen LogP contribution in [0, 0.1) is 0 Å². The molecule has 5 nitrogen and oxygen atoms in total. The van der Waals surface area contributed by atoms with Crippen LogP contribution in [0.1, 0.15) is 15.6 Å². The van der Waals surface area contributed by atoms with Gasteiger partial charge < -0.3 is 14.3 Å². The highest BCUT2D eigenvalue weighted by molar-refractivity contribution is 7.12. The number of hydrogen-bond acceptors (Lipinski definition) is 6. The van der Waals surface area contributed by atoms with Crippen LogP contribution in [0.2, 0.25) is 0 Å². The Hall–Kier alpha value is -3.12. The fourth-order valence-electron chi connectivity index (χ4n) is 2.51. The zero-order valence-corrected chi connectivity index (χ0v) is 14.0. The van der Waals surface area contributed by atoms with Gasteiger partial charge in [-0.2, -0.15) is 0 Å². The molecule has 6 heteroatoms. The average molecular weight is 351 g/mol. The van der Waals surface area contributed by atoms with Gasteiger partial charge in [0.2, 0.25) is 0 Å². The summed E-state index contributed by atoms with van der Waals surface area (Å²) in [6.45, 7) is 0. The minimum Gasteiger partial charge on any atom is -0.508 e. The van der Waals surface area contributed by atoms with Gasteiger partial charge in [0.1, 0.15) is 17.1 Å². The molecule has 1 N–H and O–H groups in total. The van der Waals surface area contributed by atoms with E-state index >= 15 is 0 Å². The number of thiazole rings is 1. The molecule has 25 heavy (non-hydrogen) atoms. The molecule has 2 heterocycles. The second kappa shape index (κ2) is 6.07. The molecule has 0 aliphatic rings. The molecular weight excluding hydrogens is 338 g/mol. The summed E-state index contributed by atoms with van der Waals surface area (Å²) in [7, 11) is 1.61. The Morgan fingerprint density at radius 3 is 2.72 bits per heavy atom. The second-order valence-corrected chi connectivity index (χ2v) is 6.29. The number of methoxy groups -OCH3 is 1. The van der Waals surface area contributed by atoms with Crippen LogP contribution < -0.4 is 4.74 Å². The van der Waals surface area contributed by atoms with Crippen molar-refractivity contribution < 1.29 is 19.1 Å². The summed E-state index contributed by atoms with van der Waals surface area (Å²) in [5, 5.41) is 12.4. The van der Waals surface area contributed by atoms with Crippen LogP contribution in [0.25, 0.3) is 22.2 Å². The minimum atomic E-state index is -0.277. The molecule has 4 rings (SSSR count). The summed E-state index contributed by atoms with van der Waals surface area (Å²) >= 11 is 1.27. The highest BCUT2D eigenvalue weighted by Crippen LogP contribution is 2.28. The van der Waals surface area contributed by atoms with Gasteiger partial charge in [-0.05, 0) is 42.5 Å². The van der Waals surface area contributed by atoms with Gasteiger partial charge in [-0.25, -0.2) is 4.98 Å². The van der Waals surface area contributed by atoms with Crippen molar-refractivity contribution in [3.05, 3.63) is 64.7 Å². The van der Waals surface area contributed by atoms with Gasteiger partial charge in [-0.1, -0.05) is 0 Å². The highest BCUT2D eigenvalue weighted by Gasteiger charge is 2.19. The van der Waals surface area contributed by atoms with Crippen LogP contribution >= 0.6 is 11.3 Å². The van der Waals surface area contributed by atoms with E-state index in [1.54, 1.807) is 25.3 Å². The van der Waals surface area contributed by atoms with E-state index in [-0.39, 0.29) is 17.3 Å². The molecule has 0 amide bonds. The third-order valence-electron chi connectivity index (χ3n) is 3.81. The van der Waals surface area contributed by atoms with Crippen molar-refractivity contribution in [1.29, 1.82) is 0 Å². The van der Waals surface area contributed by atoms with E-state index in [2.05, 4.69) is 4.98 Å². The molecule has 0 spiro atoms. The molecule has 0 bridgehead atoms. The summed E-state index contributed by atoms with van der Waals surface area (Å²) in [4.78, 5) is 17.0. The second-order valence-electron chi connectivity index (χ2n) is 5.43. The smallest absolute Gasteiger partial charge is 0.256 e. The fraction of sp³-hybridized carbons (Fsp3) is 0.0526. The Labute approximate surface area is 147 Å². The van der Waals surface area contributed by atoms with E-state index in [1.165, 1.54) is 17.4 Å². The Morgan fingerprint density at radius 2 is 1.96 bits per heavy atom. The number of phenolic OH excluding ortho intramolecular Hbond substituents is 1. The van der Waals surface area contributed by atoms with Crippen LogP contribution in [0.4, 0.5) is 0 Å². The van der Waals surface area contributed by atoms with E-state index < -0.39 is 0 Å². The number of ether oxygens (including phenoxy) is 1. The first-order chi connectivity index (χ1) is 12.1. The zero-order valence-electron chi connectivity index (χ0n) is 13.2. The quantitative estimate of drug-likeness (QED) is 0.548. The number of fused-ring (bicyclic) bond motifs is 1. The average Bonchev–Trinajstić information content (AvgIpc) is 3.28. The number of ketones is 1. The molecule has 0 fully saturated rings. The summed E-state index contributed by atoms with van der Waals surface area (Å²) in [6, 6.07) is 13.9. The fourth-order valence-corrected chi connectivity index (χ4v) is 3.28. The van der Waals surface area contributed by atoms with Gasteiger partial charge in [0.15, 0.2) is 10.8 Å².